The molecule has 0 spiro atoms. The third-order valence-corrected chi connectivity index (χ3v) is 6.71. The van der Waals surface area contributed by atoms with Crippen LogP contribution >= 0.6 is 0 Å². The van der Waals surface area contributed by atoms with Crippen molar-refractivity contribution in [3.63, 3.8) is 0 Å². The standard InChI is InChI=1S/C27H19N2/c1-16-18-9-3-4-10-19(18)25-20-11-5-6-12-21(20)29-22-13-7-8-17-14-15-28(2)26(24(17)22)23(16)27(25)29/h3-15H,1-2H3/q+1. The van der Waals surface area contributed by atoms with E-state index < -0.39 is 0 Å². The van der Waals surface area contributed by atoms with Gasteiger partial charge in [0.2, 0.25) is 5.52 Å². The molecule has 7 rings (SSSR count). The third kappa shape index (κ3) is 1.67. The Morgan fingerprint density at radius 2 is 1.38 bits per heavy atom. The Bertz CT molecular complexity index is 1770. The fraction of sp³-hybridized carbons (Fsp3) is 0.0741. The molecule has 0 bridgehead atoms. The van der Waals surface area contributed by atoms with Crippen molar-refractivity contribution in [1.82, 2.24) is 4.40 Å². The number of aromatic nitrogens is 2. The molecule has 2 heteroatoms. The third-order valence-electron chi connectivity index (χ3n) is 6.71. The number of pyridine rings is 2. The predicted octanol–water partition coefficient (Wildman–Crippen LogP) is 6.28. The lowest BCUT2D eigenvalue weighted by Gasteiger charge is -2.14. The van der Waals surface area contributed by atoms with Gasteiger partial charge < -0.3 is 4.40 Å². The highest BCUT2D eigenvalue weighted by Crippen LogP contribution is 2.44. The maximum Gasteiger partial charge on any atom is 0.224 e. The molecule has 7 aromatic rings. The Morgan fingerprint density at radius 1 is 0.655 bits per heavy atom. The average Bonchev–Trinajstić information content (AvgIpc) is 3.11. The molecule has 3 aromatic heterocycles. The van der Waals surface area contributed by atoms with Crippen molar-refractivity contribution in [2.45, 2.75) is 6.92 Å². The number of hydrogen-bond donors (Lipinski definition) is 0. The van der Waals surface area contributed by atoms with E-state index in [4.69, 9.17) is 0 Å². The molecular weight excluding hydrogens is 352 g/mol. The van der Waals surface area contributed by atoms with Gasteiger partial charge in [-0.3, -0.25) is 0 Å². The Labute approximate surface area is 167 Å². The van der Waals surface area contributed by atoms with E-state index >= 15 is 0 Å². The van der Waals surface area contributed by atoms with Gasteiger partial charge in [-0.25, -0.2) is 4.57 Å². The number of hydrogen-bond acceptors (Lipinski definition) is 0. The van der Waals surface area contributed by atoms with Crippen LogP contribution in [0.3, 0.4) is 0 Å². The zero-order valence-corrected chi connectivity index (χ0v) is 16.4. The van der Waals surface area contributed by atoms with Crippen LogP contribution < -0.4 is 4.57 Å². The van der Waals surface area contributed by atoms with Gasteiger partial charge in [-0.2, -0.15) is 0 Å². The van der Waals surface area contributed by atoms with Gasteiger partial charge in [-0.05, 0) is 40.8 Å². The predicted molar refractivity (Wildman–Crippen MR) is 122 cm³/mol. The summed E-state index contributed by atoms with van der Waals surface area (Å²) in [6.07, 6.45) is 2.19. The maximum absolute atomic E-state index is 2.49. The summed E-state index contributed by atoms with van der Waals surface area (Å²) >= 11 is 0. The first kappa shape index (κ1) is 15.3. The van der Waals surface area contributed by atoms with Crippen LogP contribution in [0.2, 0.25) is 0 Å². The first-order chi connectivity index (χ1) is 14.3. The van der Waals surface area contributed by atoms with Crippen molar-refractivity contribution in [3.05, 3.63) is 84.6 Å². The first-order valence-electron chi connectivity index (χ1n) is 10.1. The number of para-hydroxylation sites is 1. The van der Waals surface area contributed by atoms with Crippen molar-refractivity contribution in [2.24, 2.45) is 7.05 Å². The van der Waals surface area contributed by atoms with Crippen LogP contribution in [0.1, 0.15) is 5.56 Å². The summed E-state index contributed by atoms with van der Waals surface area (Å²) in [5.74, 6) is 0. The van der Waals surface area contributed by atoms with Crippen LogP contribution in [0.25, 0.3) is 59.8 Å². The van der Waals surface area contributed by atoms with Crippen molar-refractivity contribution in [2.75, 3.05) is 0 Å². The van der Waals surface area contributed by atoms with E-state index in [1.54, 1.807) is 0 Å². The number of nitrogens with zero attached hydrogens (tertiary/aromatic N) is 2. The molecule has 0 fully saturated rings. The van der Waals surface area contributed by atoms with E-state index in [-0.39, 0.29) is 0 Å². The molecular formula is C27H19N2+. The molecule has 0 saturated carbocycles. The van der Waals surface area contributed by atoms with Crippen LogP contribution in [0.5, 0.6) is 0 Å². The summed E-state index contributed by atoms with van der Waals surface area (Å²) in [7, 11) is 2.17. The van der Waals surface area contributed by atoms with Gasteiger partial charge in [-0.15, -0.1) is 0 Å². The van der Waals surface area contributed by atoms with Gasteiger partial charge >= 0.3 is 0 Å². The fourth-order valence-electron chi connectivity index (χ4n) is 5.51. The largest absolute Gasteiger partial charge is 0.307 e. The minimum absolute atomic E-state index is 1.28. The molecule has 0 amide bonds. The molecule has 0 aliphatic carbocycles. The van der Waals surface area contributed by atoms with Crippen LogP contribution in [0.15, 0.2) is 79.0 Å². The zero-order valence-electron chi connectivity index (χ0n) is 16.4. The molecule has 0 unspecified atom stereocenters. The molecule has 0 aliphatic rings. The van der Waals surface area contributed by atoms with E-state index in [1.165, 1.54) is 65.3 Å². The second kappa shape index (κ2) is 5.03. The summed E-state index contributed by atoms with van der Waals surface area (Å²) in [4.78, 5) is 0. The normalized spacial score (nSPS) is 12.5. The Balaban J connectivity index is 2.05. The lowest BCUT2D eigenvalue weighted by atomic mass is 9.94. The molecule has 0 radical (unpaired) electrons. The molecule has 0 saturated heterocycles. The second-order valence-corrected chi connectivity index (χ2v) is 8.14. The lowest BCUT2D eigenvalue weighted by molar-refractivity contribution is -0.643. The van der Waals surface area contributed by atoms with Gasteiger partial charge in [0.1, 0.15) is 7.05 Å². The maximum atomic E-state index is 2.49. The number of fused-ring (bicyclic) bond motifs is 7. The van der Waals surface area contributed by atoms with Crippen LogP contribution in [0.4, 0.5) is 0 Å². The van der Waals surface area contributed by atoms with Crippen molar-refractivity contribution >= 4 is 59.8 Å². The Morgan fingerprint density at radius 3 is 2.24 bits per heavy atom. The molecule has 3 heterocycles. The number of rotatable bonds is 0. The van der Waals surface area contributed by atoms with Crippen LogP contribution in [0, 0.1) is 6.92 Å². The van der Waals surface area contributed by atoms with E-state index in [2.05, 4.69) is 102 Å². The molecule has 0 aliphatic heterocycles. The van der Waals surface area contributed by atoms with Gasteiger partial charge in [0.05, 0.1) is 27.3 Å². The van der Waals surface area contributed by atoms with Gasteiger partial charge in [0, 0.05) is 16.8 Å². The first-order valence-corrected chi connectivity index (χ1v) is 10.1. The second-order valence-electron chi connectivity index (χ2n) is 8.14. The molecule has 2 nitrogen and oxygen atoms in total. The Hall–Kier alpha value is -3.65. The van der Waals surface area contributed by atoms with E-state index in [0.717, 1.165) is 0 Å². The van der Waals surface area contributed by atoms with Crippen molar-refractivity contribution < 1.29 is 4.57 Å². The summed E-state index contributed by atoms with van der Waals surface area (Å²) in [6.45, 7) is 2.28. The monoisotopic (exact) mass is 371 g/mol. The highest BCUT2D eigenvalue weighted by atomic mass is 15.0. The highest BCUT2D eigenvalue weighted by molar-refractivity contribution is 6.32. The van der Waals surface area contributed by atoms with Crippen molar-refractivity contribution in [1.29, 1.82) is 0 Å². The number of aryl methyl sites for hydroxylation is 2. The Kier molecular flexibility index (Phi) is 2.66. The van der Waals surface area contributed by atoms with Gasteiger partial charge in [-0.1, -0.05) is 54.6 Å². The SMILES string of the molecule is Cc1c2ccccc2c2c3ccccc3n3c4cccc5cc[n+](C)c(c1c23)c54. The summed E-state index contributed by atoms with van der Waals surface area (Å²) in [5.41, 5.74) is 6.58. The minimum Gasteiger partial charge on any atom is -0.307 e. The summed E-state index contributed by atoms with van der Waals surface area (Å²) in [5, 5.41) is 9.37. The topological polar surface area (TPSA) is 8.29 Å². The van der Waals surface area contributed by atoms with E-state index in [9.17, 15) is 0 Å². The smallest absolute Gasteiger partial charge is 0.224 e. The van der Waals surface area contributed by atoms with Crippen LogP contribution in [-0.4, -0.2) is 4.40 Å². The lowest BCUT2D eigenvalue weighted by Crippen LogP contribution is -2.28. The van der Waals surface area contributed by atoms with E-state index in [1.807, 2.05) is 0 Å². The molecule has 4 aromatic carbocycles. The van der Waals surface area contributed by atoms with Crippen LogP contribution in [-0.2, 0) is 7.05 Å². The summed E-state index contributed by atoms with van der Waals surface area (Å²) < 4.78 is 4.79. The summed E-state index contributed by atoms with van der Waals surface area (Å²) in [6, 6.07) is 26.6. The average molecular weight is 371 g/mol. The molecule has 0 N–H and O–H groups in total. The molecule has 136 valence electrons. The van der Waals surface area contributed by atoms with Gasteiger partial charge in [0.15, 0.2) is 6.20 Å². The minimum atomic E-state index is 1.28. The molecule has 0 atom stereocenters. The molecule has 29 heavy (non-hydrogen) atoms. The quantitative estimate of drug-likeness (QED) is 0.169. The van der Waals surface area contributed by atoms with Crippen molar-refractivity contribution in [3.8, 4) is 0 Å². The van der Waals surface area contributed by atoms with E-state index in [0.29, 0.717) is 0 Å². The fourth-order valence-corrected chi connectivity index (χ4v) is 5.51. The number of benzene rings is 4. The highest BCUT2D eigenvalue weighted by Gasteiger charge is 2.25. The van der Waals surface area contributed by atoms with Gasteiger partial charge in [0.25, 0.3) is 0 Å². The zero-order chi connectivity index (χ0) is 19.3.